The van der Waals surface area contributed by atoms with E-state index in [1.807, 2.05) is 22.9 Å². The molecule has 0 aliphatic carbocycles. The lowest BCUT2D eigenvalue weighted by atomic mass is 10.1. The lowest BCUT2D eigenvalue weighted by molar-refractivity contribution is 0.739. The second-order valence-electron chi connectivity index (χ2n) is 5.52. The maximum Gasteiger partial charge on any atom is 0.162 e. The van der Waals surface area contributed by atoms with E-state index in [2.05, 4.69) is 32.0 Å². The van der Waals surface area contributed by atoms with Gasteiger partial charge in [0.15, 0.2) is 11.5 Å². The minimum Gasteiger partial charge on any atom is -0.324 e. The van der Waals surface area contributed by atoms with Gasteiger partial charge in [0, 0.05) is 24.4 Å². The fraction of sp³-hybridized carbons (Fsp3) is 0.312. The average molecular weight is 342 g/mol. The van der Waals surface area contributed by atoms with Crippen LogP contribution in [-0.2, 0) is 13.0 Å². The first-order valence-corrected chi connectivity index (χ1v) is 8.26. The number of dihydropyridines is 1. The first-order chi connectivity index (χ1) is 11.8. The van der Waals surface area contributed by atoms with Gasteiger partial charge >= 0.3 is 0 Å². The molecular formula is C16H16ClN7. The zero-order valence-corrected chi connectivity index (χ0v) is 13.9. The van der Waals surface area contributed by atoms with Crippen molar-refractivity contribution in [2.24, 2.45) is 4.99 Å². The van der Waals surface area contributed by atoms with Crippen LogP contribution in [0.4, 0.5) is 0 Å². The van der Waals surface area contributed by atoms with Crippen molar-refractivity contribution in [3.8, 4) is 0 Å². The Balaban J connectivity index is 1.72. The summed E-state index contributed by atoms with van der Waals surface area (Å²) in [4.78, 5) is 17.8. The van der Waals surface area contributed by atoms with Gasteiger partial charge in [0.1, 0.15) is 23.9 Å². The number of aromatic nitrogens is 6. The van der Waals surface area contributed by atoms with E-state index >= 15 is 0 Å². The van der Waals surface area contributed by atoms with Gasteiger partial charge in [0.25, 0.3) is 0 Å². The molecule has 7 nitrogen and oxygen atoms in total. The van der Waals surface area contributed by atoms with E-state index in [9.17, 15) is 0 Å². The number of nitrogens with zero attached hydrogens (tertiary/aromatic N) is 7. The van der Waals surface area contributed by atoms with Crippen molar-refractivity contribution in [1.82, 2.24) is 29.1 Å². The Kier molecular flexibility index (Phi) is 3.86. The van der Waals surface area contributed by atoms with Crippen molar-refractivity contribution in [2.75, 3.05) is 0 Å². The highest BCUT2D eigenvalue weighted by molar-refractivity contribution is 6.22. The summed E-state index contributed by atoms with van der Waals surface area (Å²) >= 11 is 6.14. The number of hydrogen-bond donors (Lipinski definition) is 0. The molecule has 122 valence electrons. The summed E-state index contributed by atoms with van der Waals surface area (Å²) in [6.07, 6.45) is 12.5. The smallest absolute Gasteiger partial charge is 0.162 e. The zero-order valence-electron chi connectivity index (χ0n) is 13.2. The van der Waals surface area contributed by atoms with Crippen molar-refractivity contribution in [2.45, 2.75) is 31.8 Å². The van der Waals surface area contributed by atoms with Gasteiger partial charge < -0.3 is 4.57 Å². The van der Waals surface area contributed by atoms with Crippen LogP contribution in [0.3, 0.4) is 0 Å². The molecule has 0 amide bonds. The van der Waals surface area contributed by atoms with E-state index in [1.54, 1.807) is 23.4 Å². The number of halogens is 1. The summed E-state index contributed by atoms with van der Waals surface area (Å²) < 4.78 is 3.73. The third-order valence-corrected chi connectivity index (χ3v) is 4.29. The van der Waals surface area contributed by atoms with Crippen LogP contribution in [0.2, 0.25) is 0 Å². The summed E-state index contributed by atoms with van der Waals surface area (Å²) in [6.45, 7) is 2.69. The van der Waals surface area contributed by atoms with Crippen LogP contribution in [0.5, 0.6) is 0 Å². The quantitative estimate of drug-likeness (QED) is 0.539. The highest BCUT2D eigenvalue weighted by atomic mass is 35.5. The molecule has 0 spiro atoms. The SMILES string of the molecule is CCc1c(Cn2ccnc2C2=NC(Cl)CC=C2)ncn2ncnc12. The summed E-state index contributed by atoms with van der Waals surface area (Å²) in [5.41, 5.74) is 3.46. The third kappa shape index (κ3) is 2.60. The van der Waals surface area contributed by atoms with Gasteiger partial charge in [0.05, 0.1) is 12.2 Å². The van der Waals surface area contributed by atoms with Gasteiger partial charge in [-0.15, -0.1) is 0 Å². The van der Waals surface area contributed by atoms with E-state index in [-0.39, 0.29) is 5.50 Å². The standard InChI is InChI=1S/C16H16ClN7/c1-2-11-13(20-10-24-15(11)19-9-21-24)8-23-7-6-18-16(23)12-4-3-5-14(17)22-12/h3-4,6-7,9-10,14H,2,5,8H2,1H3. The number of fused-ring (bicyclic) bond motifs is 1. The summed E-state index contributed by atoms with van der Waals surface area (Å²) in [7, 11) is 0. The Hall–Kier alpha value is -2.54. The van der Waals surface area contributed by atoms with Gasteiger partial charge in [-0.25, -0.2) is 19.5 Å². The minimum absolute atomic E-state index is 0.230. The Labute approximate surface area is 143 Å². The van der Waals surface area contributed by atoms with Crippen LogP contribution in [0, 0.1) is 0 Å². The fourth-order valence-electron chi connectivity index (χ4n) is 2.88. The van der Waals surface area contributed by atoms with E-state index < -0.39 is 0 Å². The Morgan fingerprint density at radius 1 is 1.29 bits per heavy atom. The molecule has 0 bridgehead atoms. The molecule has 1 atom stereocenters. The van der Waals surface area contributed by atoms with Crippen molar-refractivity contribution >= 4 is 23.0 Å². The zero-order chi connectivity index (χ0) is 16.5. The monoisotopic (exact) mass is 341 g/mol. The second kappa shape index (κ2) is 6.16. The first kappa shape index (κ1) is 15.0. The summed E-state index contributed by atoms with van der Waals surface area (Å²) in [6, 6.07) is 0. The molecular weight excluding hydrogens is 326 g/mol. The van der Waals surface area contributed by atoms with Crippen molar-refractivity contribution in [3.05, 3.63) is 54.3 Å². The van der Waals surface area contributed by atoms with Crippen LogP contribution in [-0.4, -0.2) is 40.3 Å². The van der Waals surface area contributed by atoms with E-state index in [4.69, 9.17) is 11.6 Å². The number of alkyl halides is 1. The number of allylic oxidation sites excluding steroid dienone is 1. The van der Waals surface area contributed by atoms with Gasteiger partial charge in [0.2, 0.25) is 0 Å². The topological polar surface area (TPSA) is 73.3 Å². The number of rotatable bonds is 4. The summed E-state index contributed by atoms with van der Waals surface area (Å²) in [5.74, 6) is 0.793. The van der Waals surface area contributed by atoms with E-state index in [0.29, 0.717) is 6.54 Å². The molecule has 24 heavy (non-hydrogen) atoms. The Morgan fingerprint density at radius 2 is 2.21 bits per heavy atom. The maximum atomic E-state index is 6.14. The van der Waals surface area contributed by atoms with E-state index in [0.717, 1.165) is 41.3 Å². The first-order valence-electron chi connectivity index (χ1n) is 7.82. The number of imidazole rings is 1. The van der Waals surface area contributed by atoms with Gasteiger partial charge in [-0.3, -0.25) is 4.99 Å². The molecule has 0 aromatic carbocycles. The molecule has 0 N–H and O–H groups in total. The molecule has 8 heteroatoms. The normalized spacial score (nSPS) is 17.4. The average Bonchev–Trinajstić information content (AvgIpc) is 3.23. The van der Waals surface area contributed by atoms with Crippen LogP contribution in [0.1, 0.15) is 30.4 Å². The van der Waals surface area contributed by atoms with Crippen LogP contribution in [0.15, 0.2) is 42.2 Å². The van der Waals surface area contributed by atoms with Crippen LogP contribution >= 0.6 is 11.6 Å². The molecule has 1 aliphatic rings. The molecule has 1 unspecified atom stereocenters. The number of aryl methyl sites for hydroxylation is 1. The van der Waals surface area contributed by atoms with Crippen molar-refractivity contribution < 1.29 is 0 Å². The van der Waals surface area contributed by atoms with E-state index in [1.165, 1.54) is 0 Å². The molecule has 1 aliphatic heterocycles. The lowest BCUT2D eigenvalue weighted by Crippen LogP contribution is -2.16. The van der Waals surface area contributed by atoms with Gasteiger partial charge in [-0.05, 0) is 12.5 Å². The molecule has 3 aromatic rings. The van der Waals surface area contributed by atoms with Crippen LogP contribution < -0.4 is 0 Å². The second-order valence-corrected chi connectivity index (χ2v) is 6.02. The van der Waals surface area contributed by atoms with Crippen LogP contribution in [0.25, 0.3) is 5.65 Å². The lowest BCUT2D eigenvalue weighted by Gasteiger charge is -2.13. The predicted molar refractivity (Wildman–Crippen MR) is 91.4 cm³/mol. The minimum atomic E-state index is -0.230. The number of hydrogen-bond acceptors (Lipinski definition) is 5. The Bertz CT molecular complexity index is 937. The molecule has 4 rings (SSSR count). The van der Waals surface area contributed by atoms with Crippen molar-refractivity contribution in [1.29, 1.82) is 0 Å². The van der Waals surface area contributed by atoms with Gasteiger partial charge in [-0.1, -0.05) is 24.6 Å². The fourth-order valence-corrected chi connectivity index (χ4v) is 3.09. The molecule has 4 heterocycles. The van der Waals surface area contributed by atoms with Crippen molar-refractivity contribution in [3.63, 3.8) is 0 Å². The third-order valence-electron chi connectivity index (χ3n) is 4.02. The highest BCUT2D eigenvalue weighted by Crippen LogP contribution is 2.17. The predicted octanol–water partition coefficient (Wildman–Crippen LogP) is 2.25. The largest absolute Gasteiger partial charge is 0.324 e. The maximum absolute atomic E-state index is 6.14. The highest BCUT2D eigenvalue weighted by Gasteiger charge is 2.16. The molecule has 3 aromatic heterocycles. The number of aliphatic imine (C=N–C) groups is 1. The summed E-state index contributed by atoms with van der Waals surface area (Å²) in [5, 5.41) is 4.15. The Morgan fingerprint density at radius 3 is 3.04 bits per heavy atom. The molecule has 0 fully saturated rings. The molecule has 0 saturated heterocycles. The van der Waals surface area contributed by atoms with Gasteiger partial charge in [-0.2, -0.15) is 5.10 Å². The molecule has 0 radical (unpaired) electrons. The molecule has 0 saturated carbocycles.